The van der Waals surface area contributed by atoms with Gasteiger partial charge in [0.1, 0.15) is 11.4 Å². The van der Waals surface area contributed by atoms with Gasteiger partial charge in [0.25, 0.3) is 0 Å². The third kappa shape index (κ3) is 1.14. The number of benzene rings is 1. The van der Waals surface area contributed by atoms with Crippen LogP contribution in [0.4, 0.5) is 10.1 Å². The number of fused-ring (bicyclic) bond motifs is 1. The van der Waals surface area contributed by atoms with Crippen LogP contribution >= 0.6 is 11.9 Å². The van der Waals surface area contributed by atoms with Gasteiger partial charge < -0.3 is 9.46 Å². The van der Waals surface area contributed by atoms with Crippen LogP contribution in [-0.2, 0) is 0 Å². The summed E-state index contributed by atoms with van der Waals surface area (Å²) in [6.45, 7) is 0. The molecule has 0 bridgehead atoms. The first-order valence-electron chi connectivity index (χ1n) is 3.17. The lowest BCUT2D eigenvalue weighted by Crippen LogP contribution is -2.06. The maximum Gasteiger partial charge on any atom is 0.153 e. The summed E-state index contributed by atoms with van der Waals surface area (Å²) in [5.41, 5.74) is 0.448. The van der Waals surface area contributed by atoms with Gasteiger partial charge in [-0.1, -0.05) is 6.07 Å². The van der Waals surface area contributed by atoms with E-state index in [1.165, 1.54) is 18.0 Å². The zero-order valence-corrected chi connectivity index (χ0v) is 6.45. The van der Waals surface area contributed by atoms with Gasteiger partial charge in [0.15, 0.2) is 11.8 Å². The molecule has 0 radical (unpaired) electrons. The van der Waals surface area contributed by atoms with E-state index in [-0.39, 0.29) is 5.82 Å². The van der Waals surface area contributed by atoms with Crippen LogP contribution in [0.2, 0.25) is 0 Å². The molecular weight excluding hydrogens is 165 g/mol. The van der Waals surface area contributed by atoms with Gasteiger partial charge in [0.2, 0.25) is 0 Å². The van der Waals surface area contributed by atoms with E-state index < -0.39 is 0 Å². The van der Waals surface area contributed by atoms with Crippen LogP contribution < -0.4 is 9.46 Å². The van der Waals surface area contributed by atoms with Gasteiger partial charge in [-0.2, -0.15) is 0 Å². The fourth-order valence-corrected chi connectivity index (χ4v) is 1.51. The predicted molar refractivity (Wildman–Crippen MR) is 43.1 cm³/mol. The number of rotatable bonds is 0. The van der Waals surface area contributed by atoms with E-state index in [1.54, 1.807) is 12.1 Å². The van der Waals surface area contributed by atoms with E-state index >= 15 is 0 Å². The number of hydrogen-bond donors (Lipinski definition) is 1. The molecule has 1 aromatic carbocycles. The number of hydrogen-bond acceptors (Lipinski definition) is 3. The van der Waals surface area contributed by atoms with Gasteiger partial charge >= 0.3 is 0 Å². The van der Waals surface area contributed by atoms with Crippen molar-refractivity contribution in [2.45, 2.75) is 0 Å². The van der Waals surface area contributed by atoms with Crippen molar-refractivity contribution >= 4 is 17.6 Å². The van der Waals surface area contributed by atoms with E-state index in [9.17, 15) is 4.39 Å². The lowest BCUT2D eigenvalue weighted by Gasteiger charge is -2.17. The molecule has 2 rings (SSSR count). The van der Waals surface area contributed by atoms with Crippen LogP contribution in [0.5, 0.6) is 5.75 Å². The van der Waals surface area contributed by atoms with Crippen LogP contribution in [0.1, 0.15) is 0 Å². The smallest absolute Gasteiger partial charge is 0.153 e. The molecular formula is C7H6FNOS. The fraction of sp³-hybridized carbons (Fsp3) is 0.143. The standard InChI is InChI=1S/C7H6FNOS/c8-5-2-1-3-6-7(5)9-11-4-10-6/h1-3,9H,4H2. The monoisotopic (exact) mass is 171 g/mol. The van der Waals surface area contributed by atoms with E-state index in [2.05, 4.69) is 4.72 Å². The van der Waals surface area contributed by atoms with E-state index in [0.717, 1.165) is 0 Å². The molecule has 0 saturated heterocycles. The predicted octanol–water partition coefficient (Wildman–Crippen LogP) is 2.24. The first kappa shape index (κ1) is 6.79. The van der Waals surface area contributed by atoms with Crippen LogP contribution in [-0.4, -0.2) is 5.94 Å². The summed E-state index contributed by atoms with van der Waals surface area (Å²) in [7, 11) is 0. The minimum Gasteiger partial charge on any atom is -0.479 e. The topological polar surface area (TPSA) is 21.3 Å². The molecule has 11 heavy (non-hydrogen) atoms. The highest BCUT2D eigenvalue weighted by Crippen LogP contribution is 2.33. The molecule has 4 heteroatoms. The van der Waals surface area contributed by atoms with Gasteiger partial charge in [-0.3, -0.25) is 0 Å². The zero-order chi connectivity index (χ0) is 7.68. The van der Waals surface area contributed by atoms with Crippen molar-refractivity contribution in [2.75, 3.05) is 10.7 Å². The van der Waals surface area contributed by atoms with Crippen molar-refractivity contribution < 1.29 is 9.13 Å². The highest BCUT2D eigenvalue weighted by atomic mass is 32.2. The quantitative estimate of drug-likeness (QED) is 0.605. The van der Waals surface area contributed by atoms with Crippen LogP contribution in [0, 0.1) is 5.82 Å². The van der Waals surface area contributed by atoms with Crippen molar-refractivity contribution in [3.8, 4) is 5.75 Å². The third-order valence-electron chi connectivity index (χ3n) is 1.42. The number of halogens is 1. The van der Waals surface area contributed by atoms with Crippen LogP contribution in [0.25, 0.3) is 0 Å². The summed E-state index contributed by atoms with van der Waals surface area (Å²) < 4.78 is 20.9. The molecule has 0 unspecified atom stereocenters. The average molecular weight is 171 g/mol. The van der Waals surface area contributed by atoms with Gasteiger partial charge in [-0.05, 0) is 24.1 Å². The molecule has 1 aliphatic rings. The van der Waals surface area contributed by atoms with Crippen molar-refractivity contribution in [2.24, 2.45) is 0 Å². The van der Waals surface area contributed by atoms with Crippen LogP contribution in [0.3, 0.4) is 0 Å². The molecule has 0 aromatic heterocycles. The molecule has 1 heterocycles. The van der Waals surface area contributed by atoms with Crippen molar-refractivity contribution in [1.82, 2.24) is 0 Å². The largest absolute Gasteiger partial charge is 0.479 e. The molecule has 0 spiro atoms. The van der Waals surface area contributed by atoms with Crippen LogP contribution in [0.15, 0.2) is 18.2 Å². The number of nitrogens with one attached hydrogen (secondary N) is 1. The first-order chi connectivity index (χ1) is 5.38. The summed E-state index contributed by atoms with van der Waals surface area (Å²) in [6.07, 6.45) is 0. The van der Waals surface area contributed by atoms with E-state index in [4.69, 9.17) is 4.74 Å². The summed E-state index contributed by atoms with van der Waals surface area (Å²) in [4.78, 5) is 0. The highest BCUT2D eigenvalue weighted by molar-refractivity contribution is 8.00. The Balaban J connectivity index is 2.49. The Labute approximate surface area is 67.9 Å². The number of para-hydroxylation sites is 1. The summed E-state index contributed by atoms with van der Waals surface area (Å²) in [6, 6.07) is 4.78. The maximum absolute atomic E-state index is 12.9. The van der Waals surface area contributed by atoms with Crippen molar-refractivity contribution in [3.63, 3.8) is 0 Å². The second-order valence-electron chi connectivity index (χ2n) is 2.12. The Bertz CT molecular complexity index is 279. The maximum atomic E-state index is 12.9. The zero-order valence-electron chi connectivity index (χ0n) is 5.63. The molecule has 1 N–H and O–H groups in total. The molecule has 58 valence electrons. The fourth-order valence-electron chi connectivity index (χ4n) is 0.918. The molecule has 0 aliphatic carbocycles. The SMILES string of the molecule is Fc1cccc2c1NSCO2. The second kappa shape index (κ2) is 2.62. The molecule has 0 amide bonds. The van der Waals surface area contributed by atoms with Gasteiger partial charge in [-0.25, -0.2) is 4.39 Å². The minimum atomic E-state index is -0.269. The van der Waals surface area contributed by atoms with Gasteiger partial charge in [0.05, 0.1) is 0 Å². The molecule has 1 aromatic rings. The Morgan fingerprint density at radius 1 is 1.55 bits per heavy atom. The molecule has 0 fully saturated rings. The van der Waals surface area contributed by atoms with E-state index in [0.29, 0.717) is 17.4 Å². The Morgan fingerprint density at radius 3 is 3.27 bits per heavy atom. The minimum absolute atomic E-state index is 0.269. The Kier molecular flexibility index (Phi) is 1.62. The summed E-state index contributed by atoms with van der Waals surface area (Å²) >= 11 is 1.34. The highest BCUT2D eigenvalue weighted by Gasteiger charge is 2.12. The molecule has 2 nitrogen and oxygen atoms in total. The summed E-state index contributed by atoms with van der Waals surface area (Å²) in [5, 5.41) is 0. The van der Waals surface area contributed by atoms with E-state index in [1.807, 2.05) is 0 Å². The number of ether oxygens (including phenoxy) is 1. The van der Waals surface area contributed by atoms with Gasteiger partial charge in [-0.15, -0.1) is 0 Å². The Morgan fingerprint density at radius 2 is 2.45 bits per heavy atom. The van der Waals surface area contributed by atoms with Crippen molar-refractivity contribution in [3.05, 3.63) is 24.0 Å². The molecule has 0 saturated carbocycles. The van der Waals surface area contributed by atoms with Crippen molar-refractivity contribution in [1.29, 1.82) is 0 Å². The van der Waals surface area contributed by atoms with Gasteiger partial charge in [0, 0.05) is 0 Å². The number of anilines is 1. The third-order valence-corrected chi connectivity index (χ3v) is 2.01. The normalized spacial score (nSPS) is 14.6. The lowest BCUT2D eigenvalue weighted by atomic mass is 10.3. The molecule has 1 aliphatic heterocycles. The summed E-state index contributed by atoms with van der Waals surface area (Å²) in [5.74, 6) is 0.842. The molecule has 0 atom stereocenters. The lowest BCUT2D eigenvalue weighted by molar-refractivity contribution is 0.389. The second-order valence-corrected chi connectivity index (χ2v) is 2.85. The average Bonchev–Trinajstić information content (AvgIpc) is 2.06. The Hall–Kier alpha value is -0.900. The first-order valence-corrected chi connectivity index (χ1v) is 4.15.